The van der Waals surface area contributed by atoms with Crippen molar-refractivity contribution >= 4 is 11.8 Å². The van der Waals surface area contributed by atoms with E-state index in [1.165, 1.54) is 0 Å². The summed E-state index contributed by atoms with van der Waals surface area (Å²) in [6.45, 7) is 8.32. The Kier molecular flexibility index (Phi) is 5.66. The molecule has 4 heterocycles. The van der Waals surface area contributed by atoms with E-state index in [0.29, 0.717) is 25.7 Å². The summed E-state index contributed by atoms with van der Waals surface area (Å²) >= 11 is 0. The fourth-order valence-corrected chi connectivity index (χ4v) is 5.36. The molecule has 0 bridgehead atoms. The van der Waals surface area contributed by atoms with Crippen molar-refractivity contribution in [3.63, 3.8) is 0 Å². The maximum atomic E-state index is 13.1. The highest BCUT2D eigenvalue weighted by Gasteiger charge is 2.49. The smallest absolute Gasteiger partial charge is 0.249 e. The largest absolute Gasteiger partial charge is 0.375 e. The third kappa shape index (κ3) is 3.57. The molecule has 1 aromatic rings. The molecule has 3 aliphatic heterocycles. The molecule has 1 spiro atoms. The zero-order chi connectivity index (χ0) is 20.6. The molecule has 0 aliphatic carbocycles. The summed E-state index contributed by atoms with van der Waals surface area (Å²) in [6.07, 6.45) is 4.91. The third-order valence-electron chi connectivity index (χ3n) is 7.03. The summed E-state index contributed by atoms with van der Waals surface area (Å²) in [7, 11) is 1.55. The minimum absolute atomic E-state index is 0.00398. The lowest BCUT2D eigenvalue weighted by Crippen LogP contribution is -2.60. The topological polar surface area (TPSA) is 81.8 Å². The van der Waals surface area contributed by atoms with E-state index in [4.69, 9.17) is 4.74 Å². The molecule has 0 radical (unpaired) electrons. The van der Waals surface area contributed by atoms with Crippen LogP contribution in [-0.4, -0.2) is 89.0 Å². The number of aromatic nitrogens is 2. The molecule has 2 amide bonds. The molecule has 8 heteroatoms. The van der Waals surface area contributed by atoms with Gasteiger partial charge in [0, 0.05) is 51.4 Å². The van der Waals surface area contributed by atoms with E-state index in [1.54, 1.807) is 13.4 Å². The van der Waals surface area contributed by atoms with E-state index >= 15 is 0 Å². The van der Waals surface area contributed by atoms with Gasteiger partial charge in [-0.2, -0.15) is 0 Å². The van der Waals surface area contributed by atoms with Gasteiger partial charge in [-0.3, -0.25) is 9.59 Å². The summed E-state index contributed by atoms with van der Waals surface area (Å²) < 4.78 is 5.13. The van der Waals surface area contributed by atoms with Gasteiger partial charge in [0.15, 0.2) is 0 Å². The Labute approximate surface area is 172 Å². The Balaban J connectivity index is 1.49. The number of fused-ring (bicyclic) bond motifs is 2. The average molecular weight is 404 g/mol. The summed E-state index contributed by atoms with van der Waals surface area (Å²) in [4.78, 5) is 40.1. The first-order chi connectivity index (χ1) is 14.0. The first-order valence-electron chi connectivity index (χ1n) is 10.8. The van der Waals surface area contributed by atoms with Gasteiger partial charge < -0.3 is 24.4 Å². The molecule has 2 fully saturated rings. The molecule has 29 heavy (non-hydrogen) atoms. The van der Waals surface area contributed by atoms with Crippen LogP contribution < -0.4 is 0 Å². The van der Waals surface area contributed by atoms with Crippen molar-refractivity contribution < 1.29 is 14.3 Å². The van der Waals surface area contributed by atoms with Gasteiger partial charge in [0.05, 0.1) is 23.5 Å². The zero-order valence-corrected chi connectivity index (χ0v) is 17.8. The van der Waals surface area contributed by atoms with Crippen LogP contribution in [0.2, 0.25) is 0 Å². The van der Waals surface area contributed by atoms with Crippen molar-refractivity contribution in [3.05, 3.63) is 17.7 Å². The Hall–Kier alpha value is -1.93. The minimum Gasteiger partial charge on any atom is -0.375 e. The molecule has 8 nitrogen and oxygen atoms in total. The molecule has 2 saturated heterocycles. The van der Waals surface area contributed by atoms with Gasteiger partial charge in [-0.05, 0) is 39.7 Å². The standard InChI is InChI=1S/C21H33N5O3/c1-15(2)25-8-4-16(12-25)20(28)24-10-6-21(7-11-24)19-17(22-14-23-19)5-9-26(21)18(27)13-29-3/h14-16H,4-13H2,1-3H3,(H,22,23). The van der Waals surface area contributed by atoms with Crippen LogP contribution in [0.5, 0.6) is 0 Å². The van der Waals surface area contributed by atoms with Crippen LogP contribution in [0.3, 0.4) is 0 Å². The van der Waals surface area contributed by atoms with Gasteiger partial charge in [-0.1, -0.05) is 0 Å². The first kappa shape index (κ1) is 20.3. The number of carbonyl (C=O) groups excluding carboxylic acids is 2. The van der Waals surface area contributed by atoms with Crippen molar-refractivity contribution in [2.24, 2.45) is 5.92 Å². The lowest BCUT2D eigenvalue weighted by molar-refractivity contribution is -0.148. The molecule has 3 aliphatic rings. The highest BCUT2D eigenvalue weighted by Crippen LogP contribution is 2.42. The van der Waals surface area contributed by atoms with Crippen molar-refractivity contribution in [2.75, 3.05) is 46.4 Å². The Bertz CT molecular complexity index is 753. The number of imidazole rings is 1. The maximum Gasteiger partial charge on any atom is 0.249 e. The number of piperidine rings is 1. The highest BCUT2D eigenvalue weighted by atomic mass is 16.5. The third-order valence-corrected chi connectivity index (χ3v) is 7.03. The number of H-pyrrole nitrogens is 1. The van der Waals surface area contributed by atoms with Gasteiger partial charge in [-0.25, -0.2) is 4.98 Å². The van der Waals surface area contributed by atoms with Crippen LogP contribution in [0.1, 0.15) is 44.5 Å². The lowest BCUT2D eigenvalue weighted by atomic mass is 9.78. The Morgan fingerprint density at radius 3 is 2.69 bits per heavy atom. The SMILES string of the molecule is COCC(=O)N1CCc2[nH]cnc2C12CCN(C(=O)C1CCN(C(C)C)C1)CC2. The number of methoxy groups -OCH3 is 1. The summed E-state index contributed by atoms with van der Waals surface area (Å²) in [5.41, 5.74) is 1.67. The summed E-state index contributed by atoms with van der Waals surface area (Å²) in [5, 5.41) is 0. The fourth-order valence-electron chi connectivity index (χ4n) is 5.36. The first-order valence-corrected chi connectivity index (χ1v) is 10.8. The monoisotopic (exact) mass is 403 g/mol. The highest BCUT2D eigenvalue weighted by molar-refractivity contribution is 5.80. The molecule has 1 atom stereocenters. The van der Waals surface area contributed by atoms with Crippen LogP contribution in [0, 0.1) is 5.92 Å². The van der Waals surface area contributed by atoms with Crippen LogP contribution in [-0.2, 0) is 26.3 Å². The predicted octanol–water partition coefficient (Wildman–Crippen LogP) is 0.989. The van der Waals surface area contributed by atoms with Crippen LogP contribution in [0.4, 0.5) is 0 Å². The molecule has 0 saturated carbocycles. The number of likely N-dealkylation sites (tertiary alicyclic amines) is 2. The number of nitrogens with zero attached hydrogens (tertiary/aromatic N) is 4. The van der Waals surface area contributed by atoms with Gasteiger partial charge >= 0.3 is 0 Å². The van der Waals surface area contributed by atoms with Gasteiger partial charge in [0.1, 0.15) is 6.61 Å². The van der Waals surface area contributed by atoms with E-state index in [0.717, 1.165) is 50.2 Å². The van der Waals surface area contributed by atoms with Gasteiger partial charge in [-0.15, -0.1) is 0 Å². The normalized spacial score (nSPS) is 24.3. The summed E-state index contributed by atoms with van der Waals surface area (Å²) in [6, 6.07) is 0.484. The number of nitrogens with one attached hydrogen (secondary N) is 1. The molecule has 4 rings (SSSR count). The molecule has 1 aromatic heterocycles. The second-order valence-electron chi connectivity index (χ2n) is 8.89. The second kappa shape index (κ2) is 8.07. The zero-order valence-electron chi connectivity index (χ0n) is 17.8. The van der Waals surface area contributed by atoms with E-state index in [9.17, 15) is 9.59 Å². The predicted molar refractivity (Wildman–Crippen MR) is 108 cm³/mol. The van der Waals surface area contributed by atoms with Crippen LogP contribution in [0.15, 0.2) is 6.33 Å². The Morgan fingerprint density at radius 1 is 1.28 bits per heavy atom. The van der Waals surface area contributed by atoms with E-state index in [1.807, 2.05) is 9.80 Å². The van der Waals surface area contributed by atoms with E-state index < -0.39 is 5.54 Å². The number of amides is 2. The molecule has 1 N–H and O–H groups in total. The van der Waals surface area contributed by atoms with Crippen molar-refractivity contribution in [3.8, 4) is 0 Å². The maximum absolute atomic E-state index is 13.1. The van der Waals surface area contributed by atoms with Gasteiger partial charge in [0.25, 0.3) is 0 Å². The van der Waals surface area contributed by atoms with E-state index in [-0.39, 0.29) is 24.3 Å². The van der Waals surface area contributed by atoms with Crippen LogP contribution >= 0.6 is 0 Å². The number of carbonyl (C=O) groups is 2. The van der Waals surface area contributed by atoms with E-state index in [2.05, 4.69) is 28.7 Å². The molecular weight excluding hydrogens is 370 g/mol. The Morgan fingerprint density at radius 2 is 2.03 bits per heavy atom. The second-order valence-corrected chi connectivity index (χ2v) is 8.89. The molecular formula is C21H33N5O3. The number of ether oxygens (including phenoxy) is 1. The lowest BCUT2D eigenvalue weighted by Gasteiger charge is -2.50. The van der Waals surface area contributed by atoms with Crippen molar-refractivity contribution in [2.45, 2.75) is 51.1 Å². The average Bonchev–Trinajstić information content (AvgIpc) is 3.39. The summed E-state index contributed by atoms with van der Waals surface area (Å²) in [5.74, 6) is 0.380. The fraction of sp³-hybridized carbons (Fsp3) is 0.762. The quantitative estimate of drug-likeness (QED) is 0.811. The van der Waals surface area contributed by atoms with Gasteiger partial charge in [0.2, 0.25) is 11.8 Å². The van der Waals surface area contributed by atoms with Crippen molar-refractivity contribution in [1.82, 2.24) is 24.7 Å². The number of hydrogen-bond acceptors (Lipinski definition) is 5. The molecule has 1 unspecified atom stereocenters. The molecule has 160 valence electrons. The number of rotatable bonds is 4. The van der Waals surface area contributed by atoms with Crippen LogP contribution in [0.25, 0.3) is 0 Å². The molecule has 0 aromatic carbocycles. The number of hydrogen-bond donors (Lipinski definition) is 1. The van der Waals surface area contributed by atoms with Crippen molar-refractivity contribution in [1.29, 1.82) is 0 Å². The number of aromatic amines is 1. The minimum atomic E-state index is -0.431.